The lowest BCUT2D eigenvalue weighted by Gasteiger charge is -2.33. The zero-order chi connectivity index (χ0) is 18.3. The highest BCUT2D eigenvalue weighted by atomic mass is 32.2. The molecule has 4 heterocycles. The minimum atomic E-state index is -3.48. The Hall–Kier alpha value is -2.23. The summed E-state index contributed by atoms with van der Waals surface area (Å²) >= 11 is 1.27. The van der Waals surface area contributed by atoms with Gasteiger partial charge in [0.1, 0.15) is 4.21 Å². The Balaban J connectivity index is 1.49. The van der Waals surface area contributed by atoms with Gasteiger partial charge in [0.05, 0.1) is 17.3 Å². The Morgan fingerprint density at radius 2 is 1.88 bits per heavy atom. The SMILES string of the molecule is Cc1ccc(S(=O)(=O)N2CCN(C(=O)c3cnn4ccccc34)CC2)s1. The number of aromatic nitrogens is 2. The predicted molar refractivity (Wildman–Crippen MR) is 98.9 cm³/mol. The van der Waals surface area contributed by atoms with Crippen molar-refractivity contribution in [3.8, 4) is 0 Å². The van der Waals surface area contributed by atoms with E-state index in [4.69, 9.17) is 0 Å². The monoisotopic (exact) mass is 390 g/mol. The molecule has 0 atom stereocenters. The normalized spacial score (nSPS) is 16.3. The molecule has 1 aliphatic heterocycles. The number of fused-ring (bicyclic) bond motifs is 1. The number of amides is 1. The molecule has 7 nitrogen and oxygen atoms in total. The highest BCUT2D eigenvalue weighted by Crippen LogP contribution is 2.25. The van der Waals surface area contributed by atoms with Crippen LogP contribution in [0.4, 0.5) is 0 Å². The molecule has 26 heavy (non-hydrogen) atoms. The second-order valence-corrected chi connectivity index (χ2v) is 9.60. The molecule has 9 heteroatoms. The molecule has 0 spiro atoms. The third-order valence-electron chi connectivity index (χ3n) is 4.49. The zero-order valence-electron chi connectivity index (χ0n) is 14.2. The van der Waals surface area contributed by atoms with Gasteiger partial charge >= 0.3 is 0 Å². The Morgan fingerprint density at radius 3 is 2.58 bits per heavy atom. The number of hydrogen-bond acceptors (Lipinski definition) is 5. The number of carbonyl (C=O) groups excluding carboxylic acids is 1. The van der Waals surface area contributed by atoms with E-state index < -0.39 is 10.0 Å². The Bertz CT molecular complexity index is 1060. The van der Waals surface area contributed by atoms with E-state index in [2.05, 4.69) is 5.10 Å². The lowest BCUT2D eigenvalue weighted by molar-refractivity contribution is 0.0700. The van der Waals surface area contributed by atoms with Gasteiger partial charge < -0.3 is 4.90 Å². The van der Waals surface area contributed by atoms with E-state index in [9.17, 15) is 13.2 Å². The number of piperazine rings is 1. The maximum Gasteiger partial charge on any atom is 0.257 e. The highest BCUT2D eigenvalue weighted by molar-refractivity contribution is 7.91. The number of thiophene rings is 1. The standard InChI is InChI=1S/C17H18N4O3S2/c1-13-5-6-16(25-13)26(23,24)20-10-8-19(9-11-20)17(22)14-12-18-21-7-3-2-4-15(14)21/h2-7,12H,8-11H2,1H3. The number of aryl methyl sites for hydroxylation is 1. The van der Waals surface area contributed by atoms with Gasteiger partial charge in [-0.05, 0) is 31.2 Å². The van der Waals surface area contributed by atoms with E-state index in [1.54, 1.807) is 27.9 Å². The molecule has 136 valence electrons. The summed E-state index contributed by atoms with van der Waals surface area (Å²) in [4.78, 5) is 15.5. The quantitative estimate of drug-likeness (QED) is 0.684. The third-order valence-corrected chi connectivity index (χ3v) is 7.86. The molecule has 0 aromatic carbocycles. The number of carbonyl (C=O) groups is 1. The van der Waals surface area contributed by atoms with E-state index in [0.29, 0.717) is 36.0 Å². The van der Waals surface area contributed by atoms with Crippen LogP contribution in [0.15, 0.2) is 46.9 Å². The number of nitrogens with zero attached hydrogens (tertiary/aromatic N) is 4. The number of rotatable bonds is 3. The molecular weight excluding hydrogens is 372 g/mol. The van der Waals surface area contributed by atoms with Crippen LogP contribution in [-0.2, 0) is 10.0 Å². The summed E-state index contributed by atoms with van der Waals surface area (Å²) in [5.41, 5.74) is 1.29. The smallest absolute Gasteiger partial charge is 0.257 e. The first-order chi connectivity index (χ1) is 12.5. The maximum absolute atomic E-state index is 12.8. The van der Waals surface area contributed by atoms with Crippen LogP contribution in [0.3, 0.4) is 0 Å². The first kappa shape index (κ1) is 17.2. The minimum absolute atomic E-state index is 0.116. The van der Waals surface area contributed by atoms with Gasteiger partial charge in [-0.2, -0.15) is 9.40 Å². The summed E-state index contributed by atoms with van der Waals surface area (Å²) in [5, 5.41) is 4.20. The van der Waals surface area contributed by atoms with E-state index in [1.807, 2.05) is 31.2 Å². The van der Waals surface area contributed by atoms with Crippen molar-refractivity contribution in [1.82, 2.24) is 18.8 Å². The Kier molecular flexibility index (Phi) is 4.29. The molecule has 0 unspecified atom stereocenters. The van der Waals surface area contributed by atoms with Crippen molar-refractivity contribution < 1.29 is 13.2 Å². The van der Waals surface area contributed by atoms with Crippen molar-refractivity contribution in [3.63, 3.8) is 0 Å². The van der Waals surface area contributed by atoms with E-state index >= 15 is 0 Å². The van der Waals surface area contributed by atoms with Crippen LogP contribution in [0.5, 0.6) is 0 Å². The maximum atomic E-state index is 12.8. The second kappa shape index (κ2) is 6.49. The van der Waals surface area contributed by atoms with Gasteiger partial charge in [0, 0.05) is 37.3 Å². The highest BCUT2D eigenvalue weighted by Gasteiger charge is 2.31. The van der Waals surface area contributed by atoms with Gasteiger partial charge in [-0.25, -0.2) is 12.9 Å². The van der Waals surface area contributed by atoms with Crippen molar-refractivity contribution in [2.24, 2.45) is 0 Å². The molecule has 4 rings (SSSR count). The molecule has 3 aromatic heterocycles. The molecule has 0 radical (unpaired) electrons. The van der Waals surface area contributed by atoms with Crippen LogP contribution in [0.25, 0.3) is 5.52 Å². The van der Waals surface area contributed by atoms with Crippen LogP contribution in [0.1, 0.15) is 15.2 Å². The average molecular weight is 390 g/mol. The molecule has 0 saturated carbocycles. The molecule has 1 fully saturated rings. The third kappa shape index (κ3) is 2.91. The van der Waals surface area contributed by atoms with Crippen LogP contribution in [0.2, 0.25) is 0 Å². The fraction of sp³-hybridized carbons (Fsp3) is 0.294. The first-order valence-electron chi connectivity index (χ1n) is 8.25. The fourth-order valence-corrected chi connectivity index (χ4v) is 5.94. The van der Waals surface area contributed by atoms with Gasteiger partial charge in [-0.15, -0.1) is 11.3 Å². The van der Waals surface area contributed by atoms with Crippen molar-refractivity contribution in [3.05, 3.63) is 53.2 Å². The van der Waals surface area contributed by atoms with Crippen LogP contribution >= 0.6 is 11.3 Å². The molecule has 1 saturated heterocycles. The van der Waals surface area contributed by atoms with Crippen molar-refractivity contribution in [2.75, 3.05) is 26.2 Å². The minimum Gasteiger partial charge on any atom is -0.336 e. The summed E-state index contributed by atoms with van der Waals surface area (Å²) in [5.74, 6) is -0.116. The summed E-state index contributed by atoms with van der Waals surface area (Å²) in [7, 11) is -3.48. The number of hydrogen-bond donors (Lipinski definition) is 0. The summed E-state index contributed by atoms with van der Waals surface area (Å²) in [6.07, 6.45) is 3.36. The van der Waals surface area contributed by atoms with Crippen LogP contribution in [-0.4, -0.2) is 59.3 Å². The molecular formula is C17H18N4O3S2. The molecule has 3 aromatic rings. The van der Waals surface area contributed by atoms with Crippen molar-refractivity contribution in [2.45, 2.75) is 11.1 Å². The molecule has 1 aliphatic rings. The lowest BCUT2D eigenvalue weighted by atomic mass is 10.2. The van der Waals surface area contributed by atoms with Crippen LogP contribution < -0.4 is 0 Å². The number of sulfonamides is 1. The van der Waals surface area contributed by atoms with Gasteiger partial charge in [0.25, 0.3) is 15.9 Å². The largest absolute Gasteiger partial charge is 0.336 e. The lowest BCUT2D eigenvalue weighted by Crippen LogP contribution is -2.50. The molecule has 0 aliphatic carbocycles. The second-order valence-electron chi connectivity index (χ2n) is 6.15. The van der Waals surface area contributed by atoms with Crippen molar-refractivity contribution in [1.29, 1.82) is 0 Å². The first-order valence-corrected chi connectivity index (χ1v) is 10.5. The van der Waals surface area contributed by atoms with Crippen LogP contribution in [0, 0.1) is 6.92 Å². The molecule has 0 bridgehead atoms. The zero-order valence-corrected chi connectivity index (χ0v) is 15.8. The Labute approximate surface area is 155 Å². The van der Waals surface area contributed by atoms with Crippen molar-refractivity contribution >= 4 is 32.8 Å². The number of pyridine rings is 1. The van der Waals surface area contributed by atoms with Gasteiger partial charge in [-0.3, -0.25) is 4.79 Å². The summed E-state index contributed by atoms with van der Waals surface area (Å²) in [6, 6.07) is 9.01. The molecule has 0 N–H and O–H groups in total. The topological polar surface area (TPSA) is 75.0 Å². The molecule has 1 amide bonds. The summed E-state index contributed by atoms with van der Waals surface area (Å²) in [6.45, 7) is 3.21. The fourth-order valence-electron chi connectivity index (χ4n) is 3.08. The van der Waals surface area contributed by atoms with E-state index in [0.717, 1.165) is 10.4 Å². The van der Waals surface area contributed by atoms with Gasteiger partial charge in [-0.1, -0.05) is 6.07 Å². The van der Waals surface area contributed by atoms with E-state index in [-0.39, 0.29) is 5.91 Å². The Morgan fingerprint density at radius 1 is 1.12 bits per heavy atom. The van der Waals surface area contributed by atoms with Gasteiger partial charge in [0.15, 0.2) is 0 Å². The van der Waals surface area contributed by atoms with Gasteiger partial charge in [0.2, 0.25) is 0 Å². The predicted octanol–water partition coefficient (Wildman–Crippen LogP) is 1.85. The average Bonchev–Trinajstić information content (AvgIpc) is 3.28. The summed E-state index contributed by atoms with van der Waals surface area (Å²) < 4.78 is 28.9. The van der Waals surface area contributed by atoms with E-state index in [1.165, 1.54) is 15.6 Å².